The number of benzene rings is 1. The van der Waals surface area contributed by atoms with Gasteiger partial charge in [0.2, 0.25) is 9.84 Å². The van der Waals surface area contributed by atoms with Crippen LogP contribution in [-0.2, 0) is 19.4 Å². The molecular weight excluding hydrogens is 400 g/mol. The van der Waals surface area contributed by atoms with Gasteiger partial charge in [0.1, 0.15) is 5.82 Å². The first-order valence-corrected chi connectivity index (χ1v) is 12.3. The van der Waals surface area contributed by atoms with E-state index in [1.807, 2.05) is 0 Å². The molecule has 6 nitrogen and oxygen atoms in total. The largest absolute Gasteiger partial charge is 0.462 e. The van der Waals surface area contributed by atoms with E-state index in [9.17, 15) is 13.2 Å². The molecule has 0 radical (unpaired) electrons. The SMILES string of the molecule is CCCCCCOC(=O)C(=CC=C1N(CC)CCN1CC)S(=O)(=O)c1ccccc1. The fraction of sp³-hybridized carbons (Fsp3) is 0.522. The molecule has 1 aromatic rings. The summed E-state index contributed by atoms with van der Waals surface area (Å²) in [4.78, 5) is 16.9. The summed E-state index contributed by atoms with van der Waals surface area (Å²) in [5, 5.41) is 0. The number of esters is 1. The maximum atomic E-state index is 13.2. The van der Waals surface area contributed by atoms with Crippen LogP contribution in [0.3, 0.4) is 0 Å². The summed E-state index contributed by atoms with van der Waals surface area (Å²) in [6.07, 6.45) is 6.96. The van der Waals surface area contributed by atoms with Crippen molar-refractivity contribution >= 4 is 15.8 Å². The third-order valence-corrected chi connectivity index (χ3v) is 6.98. The molecule has 1 heterocycles. The van der Waals surface area contributed by atoms with Crippen molar-refractivity contribution in [3.63, 3.8) is 0 Å². The van der Waals surface area contributed by atoms with Crippen molar-refractivity contribution in [1.29, 1.82) is 0 Å². The normalized spacial score (nSPS) is 14.9. The minimum Gasteiger partial charge on any atom is -0.462 e. The molecule has 1 aromatic carbocycles. The molecule has 2 rings (SSSR count). The van der Waals surface area contributed by atoms with Gasteiger partial charge in [0, 0.05) is 26.2 Å². The topological polar surface area (TPSA) is 66.9 Å². The highest BCUT2D eigenvalue weighted by Gasteiger charge is 2.29. The zero-order valence-corrected chi connectivity index (χ0v) is 19.2. The maximum absolute atomic E-state index is 13.2. The monoisotopic (exact) mass is 434 g/mol. The Bertz CT molecular complexity index is 833. The third-order valence-electron chi connectivity index (χ3n) is 5.21. The lowest BCUT2D eigenvalue weighted by Crippen LogP contribution is -2.23. The minimum atomic E-state index is -3.98. The summed E-state index contributed by atoms with van der Waals surface area (Å²) >= 11 is 0. The van der Waals surface area contributed by atoms with Crippen molar-refractivity contribution in [2.24, 2.45) is 0 Å². The predicted molar refractivity (Wildman–Crippen MR) is 119 cm³/mol. The summed E-state index contributed by atoms with van der Waals surface area (Å²) in [6.45, 7) is 9.84. The smallest absolute Gasteiger partial charge is 0.350 e. The number of allylic oxidation sites excluding steroid dienone is 2. The van der Waals surface area contributed by atoms with Gasteiger partial charge in [-0.1, -0.05) is 44.4 Å². The van der Waals surface area contributed by atoms with Crippen LogP contribution in [0, 0.1) is 0 Å². The number of rotatable bonds is 11. The highest BCUT2D eigenvalue weighted by molar-refractivity contribution is 7.96. The Morgan fingerprint density at radius 2 is 1.63 bits per heavy atom. The zero-order valence-electron chi connectivity index (χ0n) is 18.3. The number of carbonyl (C=O) groups is 1. The Labute approximate surface area is 181 Å². The van der Waals surface area contributed by atoms with E-state index < -0.39 is 15.8 Å². The van der Waals surface area contributed by atoms with E-state index in [4.69, 9.17) is 4.74 Å². The van der Waals surface area contributed by atoms with Gasteiger partial charge in [-0.2, -0.15) is 0 Å². The molecule has 1 aliphatic heterocycles. The van der Waals surface area contributed by atoms with Crippen LogP contribution in [0.25, 0.3) is 0 Å². The lowest BCUT2D eigenvalue weighted by atomic mass is 10.2. The van der Waals surface area contributed by atoms with Gasteiger partial charge in [-0.15, -0.1) is 0 Å². The molecule has 0 amide bonds. The Morgan fingerprint density at radius 1 is 1.00 bits per heavy atom. The molecule has 0 aliphatic carbocycles. The average molecular weight is 435 g/mol. The second-order valence-corrected chi connectivity index (χ2v) is 9.15. The van der Waals surface area contributed by atoms with Crippen molar-refractivity contribution in [2.75, 3.05) is 32.8 Å². The van der Waals surface area contributed by atoms with Crippen molar-refractivity contribution in [2.45, 2.75) is 51.3 Å². The fourth-order valence-electron chi connectivity index (χ4n) is 3.43. The number of hydrogen-bond acceptors (Lipinski definition) is 6. The Morgan fingerprint density at radius 3 is 2.20 bits per heavy atom. The molecule has 0 spiro atoms. The van der Waals surface area contributed by atoms with Gasteiger partial charge in [0.25, 0.3) is 0 Å². The molecule has 30 heavy (non-hydrogen) atoms. The van der Waals surface area contributed by atoms with Crippen LogP contribution < -0.4 is 0 Å². The van der Waals surface area contributed by atoms with Gasteiger partial charge in [0.15, 0.2) is 4.91 Å². The van der Waals surface area contributed by atoms with Gasteiger partial charge < -0.3 is 14.5 Å². The van der Waals surface area contributed by atoms with Crippen LogP contribution in [0.2, 0.25) is 0 Å². The van der Waals surface area contributed by atoms with E-state index in [0.717, 1.165) is 57.7 Å². The van der Waals surface area contributed by atoms with E-state index in [1.54, 1.807) is 24.3 Å². The standard InChI is InChI=1S/C23H34N2O4S/c1-4-7-8-12-19-29-23(26)21(30(27,28)20-13-10-9-11-14-20)15-16-22-24(5-2)17-18-25(22)6-3/h9-11,13-16H,4-8,12,17-19H2,1-3H3. The first-order chi connectivity index (χ1) is 14.5. The lowest BCUT2D eigenvalue weighted by molar-refractivity contribution is -0.138. The third kappa shape index (κ3) is 6.11. The number of nitrogens with zero attached hydrogens (tertiary/aromatic N) is 2. The average Bonchev–Trinajstić information content (AvgIpc) is 3.16. The van der Waals surface area contributed by atoms with E-state index in [2.05, 4.69) is 30.6 Å². The van der Waals surface area contributed by atoms with Gasteiger partial charge >= 0.3 is 5.97 Å². The summed E-state index contributed by atoms with van der Waals surface area (Å²) in [5.74, 6) is 0.132. The van der Waals surface area contributed by atoms with Crippen molar-refractivity contribution < 1.29 is 17.9 Å². The number of ether oxygens (including phenoxy) is 1. The first-order valence-electron chi connectivity index (χ1n) is 10.8. The van der Waals surface area contributed by atoms with Crippen LogP contribution in [-0.4, -0.2) is 57.0 Å². The molecule has 166 valence electrons. The quantitative estimate of drug-likeness (QED) is 0.298. The summed E-state index contributed by atoms with van der Waals surface area (Å²) in [7, 11) is -3.98. The molecule has 0 N–H and O–H groups in total. The van der Waals surface area contributed by atoms with E-state index in [1.165, 1.54) is 18.2 Å². The molecule has 7 heteroatoms. The van der Waals surface area contributed by atoms with Crippen molar-refractivity contribution in [3.8, 4) is 0 Å². The van der Waals surface area contributed by atoms with Crippen molar-refractivity contribution in [3.05, 3.63) is 53.2 Å². The second kappa shape index (κ2) is 11.8. The maximum Gasteiger partial charge on any atom is 0.350 e. The molecule has 1 saturated heterocycles. The van der Waals surface area contributed by atoms with E-state index >= 15 is 0 Å². The number of sulfone groups is 1. The van der Waals surface area contributed by atoms with Crippen LogP contribution in [0.15, 0.2) is 58.1 Å². The highest BCUT2D eigenvalue weighted by Crippen LogP contribution is 2.23. The van der Waals surface area contributed by atoms with Gasteiger partial charge in [-0.25, -0.2) is 13.2 Å². The second-order valence-electron chi connectivity index (χ2n) is 7.23. The van der Waals surface area contributed by atoms with Gasteiger partial charge in [0.05, 0.1) is 11.5 Å². The van der Waals surface area contributed by atoms with E-state index in [0.29, 0.717) is 0 Å². The van der Waals surface area contributed by atoms with Gasteiger partial charge in [-0.05, 0) is 44.6 Å². The lowest BCUT2D eigenvalue weighted by Gasteiger charge is -2.22. The molecular formula is C23H34N2O4S. The molecule has 0 atom stereocenters. The van der Waals surface area contributed by atoms with Gasteiger partial charge in [-0.3, -0.25) is 0 Å². The number of hydrogen-bond donors (Lipinski definition) is 0. The van der Waals surface area contributed by atoms with Crippen molar-refractivity contribution in [1.82, 2.24) is 9.80 Å². The van der Waals surface area contributed by atoms with Crippen LogP contribution >= 0.6 is 0 Å². The predicted octanol–water partition coefficient (Wildman–Crippen LogP) is 3.97. The molecule has 1 aliphatic rings. The highest BCUT2D eigenvalue weighted by atomic mass is 32.2. The Kier molecular flexibility index (Phi) is 9.43. The molecule has 0 saturated carbocycles. The molecule has 0 bridgehead atoms. The fourth-order valence-corrected chi connectivity index (χ4v) is 4.73. The number of unbranched alkanes of at least 4 members (excludes halogenated alkanes) is 3. The molecule has 0 unspecified atom stereocenters. The Hall–Kier alpha value is -2.28. The van der Waals surface area contributed by atoms with Crippen LogP contribution in [0.1, 0.15) is 46.5 Å². The summed E-state index contributed by atoms with van der Waals surface area (Å²) < 4.78 is 31.7. The minimum absolute atomic E-state index is 0.0868. The Balaban J connectivity index is 2.34. The van der Waals surface area contributed by atoms with Crippen LogP contribution in [0.4, 0.5) is 0 Å². The summed E-state index contributed by atoms with van der Waals surface area (Å²) in [6, 6.07) is 8.03. The number of carbonyl (C=O) groups excluding carboxylic acids is 1. The number of likely N-dealkylation sites (N-methyl/N-ethyl adjacent to an activating group) is 2. The molecule has 0 aromatic heterocycles. The van der Waals surface area contributed by atoms with E-state index in [-0.39, 0.29) is 16.4 Å². The summed E-state index contributed by atoms with van der Waals surface area (Å²) in [5.41, 5.74) is 0. The molecule has 1 fully saturated rings. The zero-order chi connectivity index (χ0) is 22.0. The van der Waals surface area contributed by atoms with Crippen LogP contribution in [0.5, 0.6) is 0 Å². The first kappa shape index (κ1) is 24.0.